The lowest BCUT2D eigenvalue weighted by atomic mass is 10.2. The molecule has 34 heavy (non-hydrogen) atoms. The van der Waals surface area contributed by atoms with Crippen molar-refractivity contribution in [3.8, 4) is 0 Å². The first-order chi connectivity index (χ1) is 16.5. The molecule has 0 atom stereocenters. The van der Waals surface area contributed by atoms with Gasteiger partial charge in [-0.3, -0.25) is 18.6 Å². The average Bonchev–Trinajstić information content (AvgIpc) is 3.27. The van der Waals surface area contributed by atoms with Gasteiger partial charge in [-0.05, 0) is 35.9 Å². The van der Waals surface area contributed by atoms with E-state index in [9.17, 15) is 14.0 Å². The molecule has 5 rings (SSSR count). The van der Waals surface area contributed by atoms with Crippen LogP contribution in [0.3, 0.4) is 0 Å². The van der Waals surface area contributed by atoms with Crippen LogP contribution >= 0.6 is 23.4 Å². The Labute approximate surface area is 202 Å². The second-order valence-corrected chi connectivity index (χ2v) is 8.85. The molecule has 0 aliphatic carbocycles. The normalized spacial score (nSPS) is 11.2. The zero-order valence-corrected chi connectivity index (χ0v) is 19.2. The van der Waals surface area contributed by atoms with E-state index in [1.165, 1.54) is 18.2 Å². The van der Waals surface area contributed by atoms with Gasteiger partial charge in [-0.25, -0.2) is 4.39 Å². The summed E-state index contributed by atoms with van der Waals surface area (Å²) < 4.78 is 17.3. The van der Waals surface area contributed by atoms with E-state index in [1.807, 2.05) is 42.5 Å². The second-order valence-electron chi connectivity index (χ2n) is 7.47. The van der Waals surface area contributed by atoms with Gasteiger partial charge in [0.05, 0.1) is 28.9 Å². The second kappa shape index (κ2) is 9.28. The lowest BCUT2D eigenvalue weighted by Gasteiger charge is -2.11. The van der Waals surface area contributed by atoms with Gasteiger partial charge in [0.15, 0.2) is 5.16 Å². The predicted molar refractivity (Wildman–Crippen MR) is 131 cm³/mol. The summed E-state index contributed by atoms with van der Waals surface area (Å²) in [6.07, 6.45) is 0. The summed E-state index contributed by atoms with van der Waals surface area (Å²) in [6.45, 7) is 0.325. The first-order valence-electron chi connectivity index (χ1n) is 10.3. The van der Waals surface area contributed by atoms with Gasteiger partial charge in [-0.1, -0.05) is 65.8 Å². The summed E-state index contributed by atoms with van der Waals surface area (Å²) in [7, 11) is 0. The van der Waals surface area contributed by atoms with Crippen LogP contribution in [-0.2, 0) is 11.3 Å². The fraction of sp³-hybridized carbons (Fsp3) is 0.0833. The minimum absolute atomic E-state index is 0.00588. The quantitative estimate of drug-likeness (QED) is 0.349. The number of benzene rings is 3. The molecule has 0 fully saturated rings. The number of nitrogens with zero attached hydrogens (tertiary/aromatic N) is 4. The molecule has 0 unspecified atom stereocenters. The highest BCUT2D eigenvalue weighted by Gasteiger charge is 2.18. The molecule has 0 bridgehead atoms. The van der Waals surface area contributed by atoms with Crippen molar-refractivity contribution >= 4 is 51.6 Å². The molecule has 0 radical (unpaired) electrons. The van der Waals surface area contributed by atoms with Crippen molar-refractivity contribution < 1.29 is 9.18 Å². The molecule has 2 heterocycles. The van der Waals surface area contributed by atoms with Gasteiger partial charge in [0, 0.05) is 5.02 Å². The molecule has 10 heteroatoms. The molecule has 170 valence electrons. The number of carbonyl (C=O) groups excluding carboxylic acids is 1. The topological polar surface area (TPSA) is 81.3 Å². The molecule has 7 nitrogen and oxygen atoms in total. The molecule has 0 aliphatic heterocycles. The van der Waals surface area contributed by atoms with Crippen LogP contribution in [0.4, 0.5) is 10.1 Å². The highest BCUT2D eigenvalue weighted by molar-refractivity contribution is 7.99. The summed E-state index contributed by atoms with van der Waals surface area (Å²) >= 11 is 7.03. The number of hydrogen-bond donors (Lipinski definition) is 1. The van der Waals surface area contributed by atoms with Gasteiger partial charge in [-0.2, -0.15) is 0 Å². The lowest BCUT2D eigenvalue weighted by Crippen LogP contribution is -2.24. The SMILES string of the molecule is O=C(CSc1nnc2n(Cc3ccccc3)c(=O)c3ccccc3n12)Nc1cc(Cl)ccc1F. The molecule has 5 aromatic rings. The molecule has 0 saturated carbocycles. The maximum absolute atomic E-state index is 13.9. The number of thioether (sulfide) groups is 1. The van der Waals surface area contributed by atoms with Crippen LogP contribution < -0.4 is 10.9 Å². The van der Waals surface area contributed by atoms with Gasteiger partial charge in [0.1, 0.15) is 5.82 Å². The van der Waals surface area contributed by atoms with Crippen molar-refractivity contribution in [2.24, 2.45) is 0 Å². The van der Waals surface area contributed by atoms with Crippen LogP contribution in [0.15, 0.2) is 82.7 Å². The molecular formula is C24H17ClFN5O2S. The fourth-order valence-electron chi connectivity index (χ4n) is 3.65. The molecule has 3 aromatic carbocycles. The van der Waals surface area contributed by atoms with Crippen molar-refractivity contribution in [2.45, 2.75) is 11.7 Å². The van der Waals surface area contributed by atoms with E-state index in [0.717, 1.165) is 17.3 Å². The largest absolute Gasteiger partial charge is 0.323 e. The minimum Gasteiger partial charge on any atom is -0.323 e. The summed E-state index contributed by atoms with van der Waals surface area (Å²) in [5.74, 6) is -0.674. The number of hydrogen-bond acceptors (Lipinski definition) is 5. The Bertz CT molecular complexity index is 1590. The Morgan fingerprint density at radius 3 is 2.62 bits per heavy atom. The van der Waals surface area contributed by atoms with E-state index in [-0.39, 0.29) is 17.0 Å². The Balaban J connectivity index is 1.49. The highest BCUT2D eigenvalue weighted by Crippen LogP contribution is 2.23. The van der Waals surface area contributed by atoms with Crippen LogP contribution in [0.25, 0.3) is 16.7 Å². The number of rotatable bonds is 6. The van der Waals surface area contributed by atoms with Gasteiger partial charge >= 0.3 is 0 Å². The highest BCUT2D eigenvalue weighted by atomic mass is 35.5. The maximum atomic E-state index is 13.9. The fourth-order valence-corrected chi connectivity index (χ4v) is 4.56. The monoisotopic (exact) mass is 493 g/mol. The zero-order valence-electron chi connectivity index (χ0n) is 17.6. The van der Waals surface area contributed by atoms with Crippen LogP contribution in [0.5, 0.6) is 0 Å². The zero-order chi connectivity index (χ0) is 23.7. The minimum atomic E-state index is -0.577. The summed E-state index contributed by atoms with van der Waals surface area (Å²) in [5, 5.41) is 12.3. The number of carbonyl (C=O) groups is 1. The average molecular weight is 494 g/mol. The molecule has 1 N–H and O–H groups in total. The number of aromatic nitrogens is 4. The van der Waals surface area contributed by atoms with E-state index < -0.39 is 11.7 Å². The lowest BCUT2D eigenvalue weighted by molar-refractivity contribution is -0.113. The van der Waals surface area contributed by atoms with Crippen molar-refractivity contribution in [2.75, 3.05) is 11.1 Å². The van der Waals surface area contributed by atoms with Gasteiger partial charge in [0.25, 0.3) is 5.56 Å². The predicted octanol–water partition coefficient (Wildman–Crippen LogP) is 4.62. The van der Waals surface area contributed by atoms with Crippen LogP contribution in [0.2, 0.25) is 5.02 Å². The standard InChI is InChI=1S/C24H17ClFN5O2S/c25-16-10-11-18(26)19(12-16)27-21(32)14-34-24-29-28-23-30(13-15-6-2-1-3-7-15)22(33)17-8-4-5-9-20(17)31(23)24/h1-12H,13-14H2,(H,27,32). The maximum Gasteiger partial charge on any atom is 0.263 e. The van der Waals surface area contributed by atoms with Crippen LogP contribution in [-0.4, -0.2) is 30.8 Å². The molecule has 0 saturated heterocycles. The van der Waals surface area contributed by atoms with Crippen molar-refractivity contribution in [1.29, 1.82) is 0 Å². The Hall–Kier alpha value is -3.69. The third kappa shape index (κ3) is 4.27. The molecule has 2 aromatic heterocycles. The van der Waals surface area contributed by atoms with E-state index in [4.69, 9.17) is 11.6 Å². The summed E-state index contributed by atoms with van der Waals surface area (Å²) in [4.78, 5) is 25.7. The molecule has 0 spiro atoms. The molecule has 1 amide bonds. The van der Waals surface area contributed by atoms with Gasteiger partial charge in [-0.15, -0.1) is 10.2 Å². The third-order valence-corrected chi connectivity index (χ3v) is 6.36. The smallest absolute Gasteiger partial charge is 0.263 e. The van der Waals surface area contributed by atoms with Crippen LogP contribution in [0, 0.1) is 5.82 Å². The van der Waals surface area contributed by atoms with E-state index >= 15 is 0 Å². The Morgan fingerprint density at radius 2 is 1.79 bits per heavy atom. The number of anilines is 1. The van der Waals surface area contributed by atoms with Crippen molar-refractivity contribution in [1.82, 2.24) is 19.2 Å². The number of fused-ring (bicyclic) bond motifs is 3. The van der Waals surface area contributed by atoms with Crippen molar-refractivity contribution in [3.63, 3.8) is 0 Å². The van der Waals surface area contributed by atoms with E-state index in [0.29, 0.717) is 33.4 Å². The van der Waals surface area contributed by atoms with Gasteiger partial charge in [0.2, 0.25) is 11.7 Å². The molecule has 0 aliphatic rings. The number of nitrogens with one attached hydrogen (secondary N) is 1. The number of amides is 1. The number of halogens is 2. The first kappa shape index (κ1) is 22.1. The third-order valence-electron chi connectivity index (χ3n) is 5.20. The van der Waals surface area contributed by atoms with E-state index in [2.05, 4.69) is 15.5 Å². The van der Waals surface area contributed by atoms with E-state index in [1.54, 1.807) is 21.1 Å². The Morgan fingerprint density at radius 1 is 1.03 bits per heavy atom. The first-order valence-corrected chi connectivity index (χ1v) is 11.7. The number of para-hydroxylation sites is 1. The summed E-state index contributed by atoms with van der Waals surface area (Å²) in [5.41, 5.74) is 1.42. The molecular weight excluding hydrogens is 477 g/mol. The Kier molecular flexibility index (Phi) is 6.04. The van der Waals surface area contributed by atoms with Crippen LogP contribution in [0.1, 0.15) is 5.56 Å². The van der Waals surface area contributed by atoms with Gasteiger partial charge < -0.3 is 5.32 Å². The summed E-state index contributed by atoms with van der Waals surface area (Å²) in [6, 6.07) is 20.7. The van der Waals surface area contributed by atoms with Crippen molar-refractivity contribution in [3.05, 3.63) is 99.6 Å².